The van der Waals surface area contributed by atoms with E-state index in [1.54, 1.807) is 13.1 Å². The summed E-state index contributed by atoms with van der Waals surface area (Å²) in [7, 11) is 0.319. The first kappa shape index (κ1) is 18.9. The Hall–Kier alpha value is -2.12. The number of carbonyl (C=O) groups excluding carboxylic acids is 1. The average molecular weight is 318 g/mol. The third-order valence-corrected chi connectivity index (χ3v) is 3.02. The van der Waals surface area contributed by atoms with Crippen molar-refractivity contribution >= 4 is 18.6 Å². The lowest BCUT2D eigenvalue weighted by atomic mass is 9.82. The van der Waals surface area contributed by atoms with Crippen LogP contribution in [0.1, 0.15) is 32.4 Å². The number of carbonyl (C=O) groups is 1. The molecule has 1 aromatic carbocycles. The van der Waals surface area contributed by atoms with E-state index in [-0.39, 0.29) is 6.61 Å². The van der Waals surface area contributed by atoms with E-state index < -0.39 is 19.1 Å². The van der Waals surface area contributed by atoms with Crippen molar-refractivity contribution in [3.63, 3.8) is 0 Å². The van der Waals surface area contributed by atoms with E-state index in [0.717, 1.165) is 5.56 Å². The Kier molecular flexibility index (Phi) is 8.08. The van der Waals surface area contributed by atoms with Gasteiger partial charge in [0.05, 0.1) is 6.61 Å². The molecule has 0 fully saturated rings. The van der Waals surface area contributed by atoms with Gasteiger partial charge >= 0.3 is 13.1 Å². The lowest BCUT2D eigenvalue weighted by molar-refractivity contribution is -0.146. The fourth-order valence-electron chi connectivity index (χ4n) is 2.01. The van der Waals surface area contributed by atoms with E-state index in [1.807, 2.05) is 44.2 Å². The van der Waals surface area contributed by atoms with Crippen molar-refractivity contribution in [2.45, 2.75) is 26.8 Å². The van der Waals surface area contributed by atoms with Gasteiger partial charge in [-0.2, -0.15) is 5.10 Å². The zero-order chi connectivity index (χ0) is 17.2. The summed E-state index contributed by atoms with van der Waals surface area (Å²) in [6, 6.07) is 8.52. The van der Waals surface area contributed by atoms with Crippen molar-refractivity contribution in [2.24, 2.45) is 0 Å². The van der Waals surface area contributed by atoms with Crippen molar-refractivity contribution in [1.82, 2.24) is 9.78 Å². The second-order valence-corrected chi connectivity index (χ2v) is 4.41. The third kappa shape index (κ3) is 4.94. The molecule has 0 amide bonds. The molecule has 0 radical (unpaired) electrons. The van der Waals surface area contributed by atoms with Crippen LogP contribution >= 0.6 is 0 Å². The van der Waals surface area contributed by atoms with Gasteiger partial charge in [0.15, 0.2) is 6.04 Å². The number of hydrogen-bond acceptors (Lipinski definition) is 5. The maximum atomic E-state index is 12.2. The number of hydrogen-bond donors (Lipinski definition) is 1. The van der Waals surface area contributed by atoms with Crippen LogP contribution in [0, 0.1) is 0 Å². The molecule has 0 saturated heterocycles. The van der Waals surface area contributed by atoms with Crippen LogP contribution in [0.2, 0.25) is 0 Å². The zero-order valence-electron chi connectivity index (χ0n) is 14.0. The topological polar surface area (TPSA) is 73.6 Å². The number of rotatable bonds is 6. The van der Waals surface area contributed by atoms with Crippen molar-refractivity contribution in [3.05, 3.63) is 48.3 Å². The molecule has 0 aliphatic heterocycles. The van der Waals surface area contributed by atoms with Gasteiger partial charge in [0.25, 0.3) is 0 Å². The van der Waals surface area contributed by atoms with Gasteiger partial charge in [0, 0.05) is 25.0 Å². The summed E-state index contributed by atoms with van der Waals surface area (Å²) in [5.41, 5.74) is 1.24. The van der Waals surface area contributed by atoms with Crippen molar-refractivity contribution in [3.8, 4) is 0 Å². The molecule has 6 nitrogen and oxygen atoms in total. The zero-order valence-corrected chi connectivity index (χ0v) is 14.0. The summed E-state index contributed by atoms with van der Waals surface area (Å²) in [5.74, 6) is -0.398. The molecule has 0 spiro atoms. The second kappa shape index (κ2) is 9.81. The molecular formula is C16H23BN2O4. The van der Waals surface area contributed by atoms with E-state index in [4.69, 9.17) is 9.39 Å². The molecule has 2 aromatic rings. The Morgan fingerprint density at radius 2 is 2.00 bits per heavy atom. The summed E-state index contributed by atoms with van der Waals surface area (Å²) in [5, 5.41) is 13.8. The Bertz CT molecular complexity index is 589. The minimum atomic E-state index is -1.07. The van der Waals surface area contributed by atoms with Crippen LogP contribution in [0.4, 0.5) is 0 Å². The lowest BCUT2D eigenvalue weighted by Crippen LogP contribution is -2.31. The molecule has 1 aromatic heterocycles. The van der Waals surface area contributed by atoms with Crippen LogP contribution in [0.25, 0.3) is 0 Å². The predicted molar refractivity (Wildman–Crippen MR) is 89.4 cm³/mol. The van der Waals surface area contributed by atoms with Crippen LogP contribution in [-0.4, -0.2) is 41.6 Å². The van der Waals surface area contributed by atoms with E-state index in [9.17, 15) is 9.82 Å². The summed E-state index contributed by atoms with van der Waals surface area (Å²) >= 11 is 0. The maximum absolute atomic E-state index is 12.2. The molecule has 1 N–H and O–H groups in total. The van der Waals surface area contributed by atoms with Gasteiger partial charge in [-0.1, -0.05) is 44.2 Å². The van der Waals surface area contributed by atoms with Gasteiger partial charge < -0.3 is 14.4 Å². The van der Waals surface area contributed by atoms with Crippen LogP contribution in [0.5, 0.6) is 0 Å². The first-order valence-electron chi connectivity index (χ1n) is 7.63. The fourth-order valence-corrected chi connectivity index (χ4v) is 2.01. The predicted octanol–water partition coefficient (Wildman–Crippen LogP) is 1.40. The van der Waals surface area contributed by atoms with Gasteiger partial charge in [0.1, 0.15) is 0 Å². The van der Waals surface area contributed by atoms with Crippen LogP contribution in [-0.2, 0) is 14.2 Å². The summed E-state index contributed by atoms with van der Waals surface area (Å²) in [6.45, 7) is 6.04. The maximum Gasteiger partial charge on any atom is 0.494 e. The fraction of sp³-hybridized carbons (Fsp3) is 0.375. The lowest BCUT2D eigenvalue weighted by Gasteiger charge is -2.16. The Labute approximate surface area is 137 Å². The van der Waals surface area contributed by atoms with Crippen LogP contribution < -0.4 is 5.46 Å². The van der Waals surface area contributed by atoms with Crippen molar-refractivity contribution < 1.29 is 19.2 Å². The molecule has 0 bridgehead atoms. The smallest absolute Gasteiger partial charge is 0.464 e. The molecule has 0 aliphatic carbocycles. The number of esters is 1. The summed E-state index contributed by atoms with van der Waals surface area (Å²) in [4.78, 5) is 12.2. The number of nitrogens with zero attached hydrogens (tertiary/aromatic N) is 2. The minimum absolute atomic E-state index is 0.289. The highest BCUT2D eigenvalue weighted by atomic mass is 16.5. The quantitative estimate of drug-likeness (QED) is 0.644. The number of aromatic nitrogens is 2. The average Bonchev–Trinajstić information content (AvgIpc) is 3.07. The molecule has 124 valence electrons. The molecule has 23 heavy (non-hydrogen) atoms. The van der Waals surface area contributed by atoms with Crippen LogP contribution in [0.3, 0.4) is 0 Å². The first-order valence-corrected chi connectivity index (χ1v) is 7.63. The van der Waals surface area contributed by atoms with E-state index in [1.165, 1.54) is 18.0 Å². The molecular weight excluding hydrogens is 295 g/mol. The van der Waals surface area contributed by atoms with Crippen molar-refractivity contribution in [2.75, 3.05) is 13.7 Å². The minimum Gasteiger partial charge on any atom is -0.464 e. The van der Waals surface area contributed by atoms with Gasteiger partial charge in [-0.15, -0.1) is 0 Å². The van der Waals surface area contributed by atoms with E-state index in [2.05, 4.69) is 5.10 Å². The Morgan fingerprint density at radius 3 is 2.57 bits per heavy atom. The summed E-state index contributed by atoms with van der Waals surface area (Å²) in [6.07, 6.45) is 3.03. The molecule has 1 heterocycles. The highest BCUT2D eigenvalue weighted by molar-refractivity contribution is 6.59. The standard InChI is InChI=1S/C14H17BN2O4.C2H6/c1-3-21-14(18)13(11-7-5-4-6-8-11)17-10-12(9-16-17)15(19)20-2;1-2/h4-10,13,19H,3H2,1-2H3;1-2H3. The molecule has 2 rings (SSSR count). The Balaban J connectivity index is 0.00000127. The van der Waals surface area contributed by atoms with Gasteiger partial charge in [-0.3, -0.25) is 4.68 Å². The van der Waals surface area contributed by atoms with Gasteiger partial charge in [0.2, 0.25) is 0 Å². The van der Waals surface area contributed by atoms with Gasteiger partial charge in [-0.05, 0) is 12.5 Å². The number of ether oxygens (including phenoxy) is 1. The summed E-state index contributed by atoms with van der Waals surface area (Å²) < 4.78 is 11.4. The molecule has 0 saturated carbocycles. The molecule has 0 aliphatic rings. The first-order chi connectivity index (χ1) is 11.2. The largest absolute Gasteiger partial charge is 0.494 e. The second-order valence-electron chi connectivity index (χ2n) is 4.41. The highest BCUT2D eigenvalue weighted by Gasteiger charge is 2.26. The van der Waals surface area contributed by atoms with E-state index >= 15 is 0 Å². The normalized spacial score (nSPS) is 11.2. The Morgan fingerprint density at radius 1 is 1.35 bits per heavy atom. The van der Waals surface area contributed by atoms with E-state index in [0.29, 0.717) is 5.46 Å². The van der Waals surface area contributed by atoms with Crippen LogP contribution in [0.15, 0.2) is 42.7 Å². The molecule has 1 atom stereocenters. The van der Waals surface area contributed by atoms with Crippen molar-refractivity contribution in [1.29, 1.82) is 0 Å². The SMILES string of the molecule is CC.CCOC(=O)C(c1ccccc1)n1cc(B(O)OC)cn1. The third-order valence-electron chi connectivity index (χ3n) is 3.02. The number of benzene rings is 1. The molecule has 7 heteroatoms. The molecule has 1 unspecified atom stereocenters. The van der Waals surface area contributed by atoms with Gasteiger partial charge in [-0.25, -0.2) is 4.79 Å². The monoisotopic (exact) mass is 318 g/mol. The highest BCUT2D eigenvalue weighted by Crippen LogP contribution is 2.18.